The summed E-state index contributed by atoms with van der Waals surface area (Å²) in [5, 5.41) is 1.42. The molecule has 2 aromatic rings. The molecule has 31 heavy (non-hydrogen) atoms. The lowest BCUT2D eigenvalue weighted by molar-refractivity contribution is -0.176. The number of ether oxygens (including phenoxy) is 1. The van der Waals surface area contributed by atoms with Crippen LogP contribution >= 0.6 is 0 Å². The van der Waals surface area contributed by atoms with E-state index in [2.05, 4.69) is 5.43 Å². The summed E-state index contributed by atoms with van der Waals surface area (Å²) in [6, 6.07) is 18.5. The number of nitrogens with zero attached hydrogens (tertiary/aromatic N) is 1. The fraction of sp³-hybridized carbons (Fsp3) is 0.400. The number of rotatable bonds is 3. The first-order chi connectivity index (χ1) is 14.7. The number of fused-ring (bicyclic) bond motifs is 2. The molecular weight excluding hydrogens is 392 g/mol. The van der Waals surface area contributed by atoms with Crippen molar-refractivity contribution in [3.05, 3.63) is 71.8 Å². The van der Waals surface area contributed by atoms with Gasteiger partial charge in [0.15, 0.2) is 5.60 Å². The van der Waals surface area contributed by atoms with E-state index < -0.39 is 28.4 Å². The second kappa shape index (κ2) is 6.42. The Morgan fingerprint density at radius 1 is 0.935 bits per heavy atom. The molecule has 2 aliphatic heterocycles. The van der Waals surface area contributed by atoms with E-state index in [4.69, 9.17) is 4.74 Å². The fourth-order valence-electron chi connectivity index (χ4n) is 5.63. The van der Waals surface area contributed by atoms with Crippen LogP contribution in [0.15, 0.2) is 60.7 Å². The summed E-state index contributed by atoms with van der Waals surface area (Å²) in [6.07, 6.45) is 1.04. The van der Waals surface area contributed by atoms with E-state index in [1.54, 1.807) is 0 Å². The van der Waals surface area contributed by atoms with Gasteiger partial charge in [0.25, 0.3) is 5.91 Å². The average Bonchev–Trinajstić information content (AvgIpc) is 3.27. The van der Waals surface area contributed by atoms with Gasteiger partial charge in [-0.05, 0) is 30.9 Å². The number of hydrogen-bond donors (Lipinski definition) is 1. The third kappa shape index (κ3) is 2.42. The van der Waals surface area contributed by atoms with Crippen molar-refractivity contribution in [1.29, 1.82) is 0 Å². The maximum absolute atomic E-state index is 14.1. The van der Waals surface area contributed by atoms with Gasteiger partial charge in [-0.1, -0.05) is 74.5 Å². The largest absolute Gasteiger partial charge is 0.448 e. The molecule has 2 amide bonds. The highest BCUT2D eigenvalue weighted by atomic mass is 16.6. The molecule has 3 aliphatic rings. The number of amides is 2. The molecule has 0 spiro atoms. The van der Waals surface area contributed by atoms with Crippen LogP contribution in [0.5, 0.6) is 0 Å². The first-order valence-corrected chi connectivity index (χ1v) is 10.7. The Labute approximate surface area is 181 Å². The summed E-state index contributed by atoms with van der Waals surface area (Å²) in [5.74, 6) is -1.49. The minimum absolute atomic E-state index is 0.243. The molecule has 1 saturated carbocycles. The number of carbonyl (C=O) groups excluding carboxylic acids is 3. The molecule has 0 unspecified atom stereocenters. The summed E-state index contributed by atoms with van der Waals surface area (Å²) in [6.45, 7) is 5.72. The smallest absolute Gasteiger partial charge is 0.313 e. The monoisotopic (exact) mass is 418 g/mol. The summed E-state index contributed by atoms with van der Waals surface area (Å²) >= 11 is 0. The van der Waals surface area contributed by atoms with Gasteiger partial charge >= 0.3 is 5.97 Å². The van der Waals surface area contributed by atoms with Crippen LogP contribution < -0.4 is 5.43 Å². The molecule has 6 heteroatoms. The van der Waals surface area contributed by atoms with Crippen molar-refractivity contribution in [2.24, 2.45) is 10.8 Å². The van der Waals surface area contributed by atoms with Crippen molar-refractivity contribution in [3.63, 3.8) is 0 Å². The Kier molecular flexibility index (Phi) is 4.10. The maximum Gasteiger partial charge on any atom is 0.313 e. The first kappa shape index (κ1) is 19.8. The summed E-state index contributed by atoms with van der Waals surface area (Å²) in [7, 11) is 0. The van der Waals surface area contributed by atoms with Gasteiger partial charge in [-0.2, -0.15) is 0 Å². The standard InChI is InChI=1S/C25H26N2O4/c1-23(2)24(3)14-15-25(23,31-22(24)30)21(29)27-19(17-12-8-5-9-13-17)18(20(28)26-27)16-10-6-4-7-11-16/h4-13,18-19H,14-15H2,1-3H3,(H,26,28)/t18-,19-,24-,25+/m0/s1. The Hall–Kier alpha value is -3.15. The van der Waals surface area contributed by atoms with Gasteiger partial charge in [-0.25, -0.2) is 5.01 Å². The fourth-order valence-corrected chi connectivity index (χ4v) is 5.63. The van der Waals surface area contributed by atoms with Crippen molar-refractivity contribution in [3.8, 4) is 0 Å². The molecule has 5 rings (SSSR count). The van der Waals surface area contributed by atoms with Crippen molar-refractivity contribution in [2.45, 2.75) is 51.2 Å². The molecule has 6 nitrogen and oxygen atoms in total. The highest BCUT2D eigenvalue weighted by molar-refractivity contribution is 5.99. The minimum Gasteiger partial charge on any atom is -0.448 e. The van der Waals surface area contributed by atoms with E-state index in [1.807, 2.05) is 81.4 Å². The molecule has 0 aromatic heterocycles. The topological polar surface area (TPSA) is 75.7 Å². The highest BCUT2D eigenvalue weighted by Crippen LogP contribution is 2.66. The molecule has 1 N–H and O–H groups in total. The van der Waals surface area contributed by atoms with E-state index in [0.29, 0.717) is 12.8 Å². The molecule has 2 aromatic carbocycles. The van der Waals surface area contributed by atoms with Crippen molar-refractivity contribution in [1.82, 2.24) is 10.4 Å². The average molecular weight is 418 g/mol. The van der Waals surface area contributed by atoms with Crippen LogP contribution in [0.1, 0.15) is 56.7 Å². The second-order valence-corrected chi connectivity index (χ2v) is 9.57. The van der Waals surface area contributed by atoms with Crippen molar-refractivity contribution >= 4 is 17.8 Å². The number of esters is 1. The number of nitrogens with one attached hydrogen (secondary N) is 1. The molecule has 160 valence electrons. The minimum atomic E-state index is -1.29. The van der Waals surface area contributed by atoms with E-state index >= 15 is 0 Å². The molecule has 4 atom stereocenters. The van der Waals surface area contributed by atoms with Gasteiger partial charge in [-0.15, -0.1) is 0 Å². The zero-order valence-corrected chi connectivity index (χ0v) is 17.9. The van der Waals surface area contributed by atoms with Crippen LogP contribution in [-0.4, -0.2) is 28.4 Å². The van der Waals surface area contributed by atoms with Crippen LogP contribution in [0, 0.1) is 10.8 Å². The van der Waals surface area contributed by atoms with Crippen molar-refractivity contribution < 1.29 is 19.1 Å². The summed E-state index contributed by atoms with van der Waals surface area (Å²) in [5.41, 5.74) is 1.82. The predicted octanol–water partition coefficient (Wildman–Crippen LogP) is 3.51. The summed E-state index contributed by atoms with van der Waals surface area (Å²) in [4.78, 5) is 40.0. The zero-order valence-electron chi connectivity index (χ0n) is 17.9. The third-order valence-corrected chi connectivity index (χ3v) is 8.05. The lowest BCUT2D eigenvalue weighted by Gasteiger charge is -2.39. The molecule has 0 radical (unpaired) electrons. The predicted molar refractivity (Wildman–Crippen MR) is 113 cm³/mol. The highest BCUT2D eigenvalue weighted by Gasteiger charge is 2.77. The van der Waals surface area contributed by atoms with Crippen molar-refractivity contribution in [2.75, 3.05) is 0 Å². The third-order valence-electron chi connectivity index (χ3n) is 8.05. The molecule has 3 fully saturated rings. The Bertz CT molecular complexity index is 1070. The zero-order chi connectivity index (χ0) is 22.0. The van der Waals surface area contributed by atoms with Gasteiger partial charge in [-0.3, -0.25) is 19.8 Å². The summed E-state index contributed by atoms with van der Waals surface area (Å²) < 4.78 is 5.82. The normalized spacial score (nSPS) is 33.3. The van der Waals surface area contributed by atoms with E-state index in [1.165, 1.54) is 5.01 Å². The Balaban J connectivity index is 1.61. The maximum atomic E-state index is 14.1. The van der Waals surface area contributed by atoms with Gasteiger partial charge < -0.3 is 4.74 Å². The quantitative estimate of drug-likeness (QED) is 0.774. The Morgan fingerprint density at radius 2 is 1.52 bits per heavy atom. The van der Waals surface area contributed by atoms with Crippen LogP contribution in [0.25, 0.3) is 0 Å². The number of carbonyl (C=O) groups is 3. The van der Waals surface area contributed by atoms with Crippen LogP contribution in [0.4, 0.5) is 0 Å². The molecule has 2 bridgehead atoms. The van der Waals surface area contributed by atoms with Crippen LogP contribution in [-0.2, 0) is 19.1 Å². The van der Waals surface area contributed by atoms with Crippen LogP contribution in [0.2, 0.25) is 0 Å². The van der Waals surface area contributed by atoms with E-state index in [0.717, 1.165) is 11.1 Å². The number of hydrazine groups is 1. The Morgan fingerprint density at radius 3 is 2.03 bits per heavy atom. The van der Waals surface area contributed by atoms with E-state index in [9.17, 15) is 14.4 Å². The van der Waals surface area contributed by atoms with Gasteiger partial charge in [0.2, 0.25) is 5.91 Å². The number of hydrogen-bond acceptors (Lipinski definition) is 4. The molecule has 2 saturated heterocycles. The first-order valence-electron chi connectivity index (χ1n) is 10.7. The number of benzene rings is 2. The van der Waals surface area contributed by atoms with Gasteiger partial charge in [0.05, 0.1) is 17.4 Å². The van der Waals surface area contributed by atoms with Gasteiger partial charge in [0.1, 0.15) is 0 Å². The molecular formula is C25H26N2O4. The lowest BCUT2D eigenvalue weighted by atomic mass is 9.66. The van der Waals surface area contributed by atoms with Crippen LogP contribution in [0.3, 0.4) is 0 Å². The van der Waals surface area contributed by atoms with E-state index in [-0.39, 0.29) is 17.8 Å². The lowest BCUT2D eigenvalue weighted by Crippen LogP contribution is -2.57. The second-order valence-electron chi connectivity index (χ2n) is 9.57. The molecule has 2 heterocycles. The molecule has 1 aliphatic carbocycles. The van der Waals surface area contributed by atoms with Gasteiger partial charge in [0, 0.05) is 5.41 Å². The SMILES string of the molecule is CC1(C)[C@@]2(C)CC[C@]1(C(=O)N1NC(=O)[C@@H](c3ccccc3)[C@@H]1c1ccccc1)OC2=O.